The van der Waals surface area contributed by atoms with Crippen LogP contribution in [-0.2, 0) is 0 Å². The first-order chi connectivity index (χ1) is 10.1. The molecule has 1 aliphatic heterocycles. The summed E-state index contributed by atoms with van der Waals surface area (Å²) < 4.78 is 28.5. The van der Waals surface area contributed by atoms with Gasteiger partial charge in [0.25, 0.3) is 0 Å². The number of halogens is 1. The largest absolute Gasteiger partial charge is 0.329 e. The summed E-state index contributed by atoms with van der Waals surface area (Å²) >= 11 is 0. The lowest BCUT2D eigenvalue weighted by molar-refractivity contribution is 0.628. The van der Waals surface area contributed by atoms with Crippen molar-refractivity contribution >= 4 is 27.1 Å². The Bertz CT molecular complexity index is 879. The summed E-state index contributed by atoms with van der Waals surface area (Å²) in [7, 11) is -2.22. The molecule has 2 heterocycles. The minimum Gasteiger partial charge on any atom is -0.329 e. The van der Waals surface area contributed by atoms with Gasteiger partial charge in [0.05, 0.1) is 11.2 Å². The fraction of sp³-hybridized carbons (Fsp3) is 0.0625. The van der Waals surface area contributed by atoms with Crippen LogP contribution >= 0.6 is 10.5 Å². The third-order valence-electron chi connectivity index (χ3n) is 3.73. The van der Waals surface area contributed by atoms with Gasteiger partial charge in [-0.25, -0.2) is 4.39 Å². The quantitative estimate of drug-likeness (QED) is 0.635. The normalized spacial score (nSPS) is 22.8. The van der Waals surface area contributed by atoms with Gasteiger partial charge >= 0.3 is 0 Å². The summed E-state index contributed by atoms with van der Waals surface area (Å²) in [5.74, 6) is -0.305. The predicted molar refractivity (Wildman–Crippen MR) is 85.2 cm³/mol. The molecule has 2 aromatic carbocycles. The van der Waals surface area contributed by atoms with Crippen molar-refractivity contribution < 1.29 is 8.94 Å². The van der Waals surface area contributed by atoms with Gasteiger partial charge in [0, 0.05) is 33.9 Å². The van der Waals surface area contributed by atoms with E-state index in [0.29, 0.717) is 16.8 Å². The fourth-order valence-corrected chi connectivity index (χ4v) is 4.47. The summed E-state index contributed by atoms with van der Waals surface area (Å²) in [6, 6.07) is 12.5. The predicted octanol–water partition coefficient (Wildman–Crippen LogP) is 4.65. The van der Waals surface area contributed by atoms with Crippen LogP contribution in [0, 0.1) is 5.82 Å². The second-order valence-corrected chi connectivity index (χ2v) is 7.55. The summed E-state index contributed by atoms with van der Waals surface area (Å²) in [5.41, 5.74) is 2.47. The van der Waals surface area contributed by atoms with Crippen molar-refractivity contribution in [3.63, 3.8) is 0 Å². The van der Waals surface area contributed by atoms with E-state index in [1.807, 2.05) is 30.3 Å². The Morgan fingerprint density at radius 1 is 1.19 bits per heavy atom. The number of hydrogen-bond acceptors (Lipinski definition) is 3. The highest BCUT2D eigenvalue weighted by Gasteiger charge is 2.31. The number of benzene rings is 2. The van der Waals surface area contributed by atoms with Crippen molar-refractivity contribution in [2.75, 3.05) is 11.0 Å². The van der Waals surface area contributed by atoms with E-state index in [0.717, 1.165) is 15.8 Å². The Hall–Kier alpha value is -2.11. The monoisotopic (exact) mass is 300 g/mol. The molecule has 0 saturated heterocycles. The van der Waals surface area contributed by atoms with E-state index in [-0.39, 0.29) is 5.82 Å². The Labute approximate surface area is 123 Å². The second kappa shape index (κ2) is 4.19. The van der Waals surface area contributed by atoms with Gasteiger partial charge in [0.15, 0.2) is 0 Å². The highest BCUT2D eigenvalue weighted by molar-refractivity contribution is 8.29. The van der Waals surface area contributed by atoms with Crippen molar-refractivity contribution in [3.05, 3.63) is 54.5 Å². The van der Waals surface area contributed by atoms with Crippen molar-refractivity contribution in [1.82, 2.24) is 4.98 Å². The maximum Gasteiger partial charge on any atom is 0.133 e. The Morgan fingerprint density at radius 2 is 2.00 bits per heavy atom. The third-order valence-corrected chi connectivity index (χ3v) is 5.55. The summed E-state index contributed by atoms with van der Waals surface area (Å²) in [6.45, 7) is 0. The van der Waals surface area contributed by atoms with Crippen LogP contribution in [0.1, 0.15) is 0 Å². The number of pyridine rings is 1. The summed E-state index contributed by atoms with van der Waals surface area (Å²) in [5, 5.41) is 0.718. The molecule has 0 fully saturated rings. The molecule has 1 atom stereocenters. The van der Waals surface area contributed by atoms with Crippen LogP contribution in [0.5, 0.6) is 0 Å². The van der Waals surface area contributed by atoms with Crippen molar-refractivity contribution in [1.29, 1.82) is 0 Å². The molecule has 1 aromatic heterocycles. The molecule has 0 spiro atoms. The molecule has 0 radical (unpaired) electrons. The lowest BCUT2D eigenvalue weighted by Crippen LogP contribution is -2.16. The number of rotatable bonds is 0. The molecule has 0 amide bonds. The molecule has 1 aliphatic rings. The first-order valence-electron chi connectivity index (χ1n) is 6.53. The number of anilines is 1. The maximum atomic E-state index is 14.6. The minimum absolute atomic E-state index is 0.305. The van der Waals surface area contributed by atoms with Crippen LogP contribution < -0.4 is 4.72 Å². The Morgan fingerprint density at radius 3 is 2.86 bits per heavy atom. The van der Waals surface area contributed by atoms with Gasteiger partial charge in [0.1, 0.15) is 5.82 Å². The van der Waals surface area contributed by atoms with Crippen molar-refractivity contribution in [2.24, 2.45) is 0 Å². The van der Waals surface area contributed by atoms with Crippen molar-refractivity contribution in [3.8, 4) is 11.1 Å². The molecule has 4 rings (SSSR count). The van der Waals surface area contributed by atoms with Gasteiger partial charge < -0.3 is 9.27 Å². The van der Waals surface area contributed by atoms with Crippen molar-refractivity contribution in [2.45, 2.75) is 4.90 Å². The van der Waals surface area contributed by atoms with E-state index in [1.165, 1.54) is 6.07 Å². The molecule has 5 heteroatoms. The van der Waals surface area contributed by atoms with Crippen LogP contribution in [0.4, 0.5) is 10.1 Å². The van der Waals surface area contributed by atoms with E-state index in [2.05, 4.69) is 9.71 Å². The average molecular weight is 300 g/mol. The van der Waals surface area contributed by atoms with Crippen LogP contribution in [0.3, 0.4) is 0 Å². The standard InChI is InChI=1S/C16H13FN2OS/c1-21(20)13-7-3-2-6-11(13)14-12(17)9-10-5-4-8-18-15(10)16(14)19-21/h2-9,19-20H,1H3. The van der Waals surface area contributed by atoms with Gasteiger partial charge in [-0.1, -0.05) is 24.3 Å². The SMILES string of the molecule is CS1(O)Nc2c(c(F)cc3cccnc23)-c2ccccc21. The zero-order chi connectivity index (χ0) is 14.6. The van der Waals surface area contributed by atoms with Crippen LogP contribution in [0.15, 0.2) is 53.6 Å². The number of hydrogen-bond donors (Lipinski definition) is 2. The molecule has 0 bridgehead atoms. The smallest absolute Gasteiger partial charge is 0.133 e. The molecule has 3 nitrogen and oxygen atoms in total. The number of aromatic nitrogens is 1. The number of nitrogens with one attached hydrogen (secondary N) is 1. The zero-order valence-electron chi connectivity index (χ0n) is 11.3. The molecular weight excluding hydrogens is 287 g/mol. The number of fused-ring (bicyclic) bond motifs is 5. The van der Waals surface area contributed by atoms with E-state index in [1.54, 1.807) is 18.5 Å². The Balaban J connectivity index is 2.17. The molecule has 2 N–H and O–H groups in total. The summed E-state index contributed by atoms with van der Waals surface area (Å²) in [6.07, 6.45) is 3.42. The van der Waals surface area contributed by atoms with Crippen LogP contribution in [0.2, 0.25) is 0 Å². The minimum atomic E-state index is -2.22. The lowest BCUT2D eigenvalue weighted by Gasteiger charge is -2.38. The highest BCUT2D eigenvalue weighted by Crippen LogP contribution is 2.59. The molecule has 21 heavy (non-hydrogen) atoms. The molecule has 3 aromatic rings. The zero-order valence-corrected chi connectivity index (χ0v) is 12.1. The third kappa shape index (κ3) is 1.74. The second-order valence-electron chi connectivity index (χ2n) is 5.16. The summed E-state index contributed by atoms with van der Waals surface area (Å²) in [4.78, 5) is 5.09. The van der Waals surface area contributed by atoms with Gasteiger partial charge in [0.2, 0.25) is 0 Å². The first-order valence-corrected chi connectivity index (χ1v) is 8.53. The van der Waals surface area contributed by atoms with E-state index in [9.17, 15) is 8.94 Å². The van der Waals surface area contributed by atoms with Gasteiger partial charge in [-0.2, -0.15) is 0 Å². The molecule has 106 valence electrons. The molecule has 0 saturated carbocycles. The fourth-order valence-electron chi connectivity index (χ4n) is 2.83. The van der Waals surface area contributed by atoms with Gasteiger partial charge in [-0.05, 0) is 28.7 Å². The van der Waals surface area contributed by atoms with E-state index >= 15 is 0 Å². The number of nitrogens with zero attached hydrogens (tertiary/aromatic N) is 1. The Kier molecular flexibility index (Phi) is 2.52. The van der Waals surface area contributed by atoms with Crippen LogP contribution in [-0.4, -0.2) is 15.8 Å². The van der Waals surface area contributed by atoms with E-state index < -0.39 is 10.5 Å². The highest BCUT2D eigenvalue weighted by atomic mass is 32.3. The lowest BCUT2D eigenvalue weighted by atomic mass is 10.00. The molecule has 1 unspecified atom stereocenters. The maximum absolute atomic E-state index is 14.6. The van der Waals surface area contributed by atoms with Gasteiger partial charge in [-0.15, -0.1) is 0 Å². The molecule has 0 aliphatic carbocycles. The first kappa shape index (κ1) is 12.6. The van der Waals surface area contributed by atoms with Crippen LogP contribution in [0.25, 0.3) is 22.0 Å². The molecular formula is C16H13FN2OS. The van der Waals surface area contributed by atoms with E-state index in [4.69, 9.17) is 0 Å². The average Bonchev–Trinajstić information content (AvgIpc) is 2.47. The van der Waals surface area contributed by atoms with Gasteiger partial charge in [-0.3, -0.25) is 4.98 Å². The topological polar surface area (TPSA) is 45.1 Å².